The van der Waals surface area contributed by atoms with E-state index in [9.17, 15) is 4.79 Å². The minimum atomic E-state index is -0.421. The molecule has 0 aliphatic carbocycles. The van der Waals surface area contributed by atoms with Gasteiger partial charge in [-0.05, 0) is 30.0 Å². The molecule has 0 fully saturated rings. The molecule has 21 heavy (non-hydrogen) atoms. The number of fused-ring (bicyclic) bond motifs is 1. The highest BCUT2D eigenvalue weighted by molar-refractivity contribution is 9.09. The van der Waals surface area contributed by atoms with Crippen LogP contribution in [0.3, 0.4) is 0 Å². The average molecular weight is 380 g/mol. The van der Waals surface area contributed by atoms with Crippen LogP contribution in [0.25, 0.3) is 9.40 Å². The van der Waals surface area contributed by atoms with Crippen molar-refractivity contribution in [1.82, 2.24) is 5.32 Å². The lowest BCUT2D eigenvalue weighted by molar-refractivity contribution is 0.0918. The van der Waals surface area contributed by atoms with Crippen LogP contribution in [-0.2, 0) is 5.54 Å². The van der Waals surface area contributed by atoms with Gasteiger partial charge in [0.2, 0.25) is 0 Å². The quantitative estimate of drug-likeness (QED) is 0.634. The second-order valence-corrected chi connectivity index (χ2v) is 7.64. The van der Waals surface area contributed by atoms with Gasteiger partial charge in [0.1, 0.15) is 0 Å². The van der Waals surface area contributed by atoms with Crippen molar-refractivity contribution in [3.05, 3.63) is 58.3 Å². The van der Waals surface area contributed by atoms with Gasteiger partial charge in [-0.1, -0.05) is 46.3 Å². The second-order valence-electron chi connectivity index (χ2n) is 5.05. The number of halogens is 1. The molecule has 5 heteroatoms. The van der Waals surface area contributed by atoms with Crippen molar-refractivity contribution in [3.8, 4) is 0 Å². The fourth-order valence-corrected chi connectivity index (χ4v) is 4.65. The van der Waals surface area contributed by atoms with E-state index in [1.54, 1.807) is 22.7 Å². The number of benzene rings is 1. The molecular weight excluding hydrogens is 366 g/mol. The summed E-state index contributed by atoms with van der Waals surface area (Å²) in [5.41, 5.74) is 0.670. The summed E-state index contributed by atoms with van der Waals surface area (Å²) in [7, 11) is 0. The summed E-state index contributed by atoms with van der Waals surface area (Å²) in [5.74, 6) is -0.0193. The molecule has 2 heterocycles. The molecule has 1 amide bonds. The van der Waals surface area contributed by atoms with Gasteiger partial charge in [-0.2, -0.15) is 0 Å². The zero-order valence-corrected chi connectivity index (χ0v) is 14.6. The Balaban J connectivity index is 1.86. The predicted molar refractivity (Wildman–Crippen MR) is 94.8 cm³/mol. The third-order valence-electron chi connectivity index (χ3n) is 3.43. The summed E-state index contributed by atoms with van der Waals surface area (Å²) in [6, 6.07) is 14.1. The number of nitrogens with one attached hydrogen (secondary N) is 1. The molecule has 2 aromatic heterocycles. The Morgan fingerprint density at radius 2 is 2.00 bits per heavy atom. The van der Waals surface area contributed by atoms with Crippen molar-refractivity contribution in [3.63, 3.8) is 0 Å². The molecule has 0 radical (unpaired) electrons. The Labute approximate surface area is 139 Å². The van der Waals surface area contributed by atoms with Crippen LogP contribution in [0.2, 0.25) is 0 Å². The maximum Gasteiger partial charge on any atom is 0.262 e. The van der Waals surface area contributed by atoms with E-state index in [0.717, 1.165) is 10.4 Å². The number of alkyl halides is 1. The van der Waals surface area contributed by atoms with Crippen LogP contribution in [0.5, 0.6) is 0 Å². The molecule has 0 saturated carbocycles. The maximum atomic E-state index is 12.5. The van der Waals surface area contributed by atoms with Crippen molar-refractivity contribution in [1.29, 1.82) is 0 Å². The monoisotopic (exact) mass is 379 g/mol. The van der Waals surface area contributed by atoms with E-state index in [-0.39, 0.29) is 5.91 Å². The first kappa shape index (κ1) is 14.8. The molecule has 1 atom stereocenters. The first-order chi connectivity index (χ1) is 10.1. The molecule has 2 nitrogen and oxygen atoms in total. The molecular formula is C16H14BrNOS2. The Morgan fingerprint density at radius 1 is 1.24 bits per heavy atom. The Morgan fingerprint density at radius 3 is 2.67 bits per heavy atom. The largest absolute Gasteiger partial charge is 0.341 e. The smallest absolute Gasteiger partial charge is 0.262 e. The number of thiophene rings is 2. The molecule has 3 aromatic rings. The van der Waals surface area contributed by atoms with Crippen LogP contribution >= 0.6 is 38.6 Å². The molecule has 0 bridgehead atoms. The van der Waals surface area contributed by atoms with Gasteiger partial charge in [-0.25, -0.2) is 0 Å². The van der Waals surface area contributed by atoms with Crippen molar-refractivity contribution >= 4 is 53.9 Å². The normalized spacial score (nSPS) is 14.0. The summed E-state index contributed by atoms with van der Waals surface area (Å²) in [6.07, 6.45) is 0. The molecule has 0 saturated heterocycles. The van der Waals surface area contributed by atoms with Crippen LogP contribution in [0.4, 0.5) is 0 Å². The molecule has 0 spiro atoms. The molecule has 1 aromatic carbocycles. The molecule has 3 rings (SSSR count). The molecule has 108 valence electrons. The van der Waals surface area contributed by atoms with Crippen LogP contribution in [0.15, 0.2) is 47.8 Å². The van der Waals surface area contributed by atoms with Gasteiger partial charge < -0.3 is 5.32 Å². The van der Waals surface area contributed by atoms with Crippen LogP contribution < -0.4 is 5.32 Å². The van der Waals surface area contributed by atoms with Gasteiger partial charge in [0.05, 0.1) is 10.4 Å². The SMILES string of the molecule is CC(CBr)(NC(=O)c1cc2sccc2s1)c1ccccc1. The van der Waals surface area contributed by atoms with E-state index >= 15 is 0 Å². The first-order valence-corrected chi connectivity index (χ1v) is 9.35. The Kier molecular flexibility index (Phi) is 4.15. The predicted octanol–water partition coefficient (Wildman–Crippen LogP) is 5.00. The lowest BCUT2D eigenvalue weighted by atomic mass is 9.94. The highest BCUT2D eigenvalue weighted by atomic mass is 79.9. The van der Waals surface area contributed by atoms with Gasteiger partial charge in [0, 0.05) is 14.7 Å². The number of amides is 1. The number of hydrogen-bond donors (Lipinski definition) is 1. The fraction of sp³-hybridized carbons (Fsp3) is 0.188. The number of hydrogen-bond acceptors (Lipinski definition) is 3. The van der Waals surface area contributed by atoms with Crippen LogP contribution in [0.1, 0.15) is 22.2 Å². The van der Waals surface area contributed by atoms with Gasteiger partial charge in [-0.3, -0.25) is 4.79 Å². The van der Waals surface area contributed by atoms with E-state index in [1.807, 2.05) is 43.3 Å². The second kappa shape index (κ2) is 5.91. The standard InChI is InChI=1S/C16H14BrNOS2/c1-16(10-17,11-5-3-2-4-6-11)18-15(19)14-9-13-12(21-14)7-8-20-13/h2-9H,10H2,1H3,(H,18,19). The third kappa shape index (κ3) is 2.91. The number of carbonyl (C=O) groups excluding carboxylic acids is 1. The molecule has 1 unspecified atom stereocenters. The summed E-state index contributed by atoms with van der Waals surface area (Å²) >= 11 is 6.74. The Bertz CT molecular complexity index is 736. The van der Waals surface area contributed by atoms with Crippen molar-refractivity contribution in [2.24, 2.45) is 0 Å². The summed E-state index contributed by atoms with van der Waals surface area (Å²) in [5, 5.41) is 5.87. The van der Waals surface area contributed by atoms with Crippen molar-refractivity contribution in [2.45, 2.75) is 12.5 Å². The summed E-state index contributed by atoms with van der Waals surface area (Å²) in [4.78, 5) is 13.3. The number of carbonyl (C=O) groups is 1. The van der Waals surface area contributed by atoms with Crippen molar-refractivity contribution < 1.29 is 4.79 Å². The van der Waals surface area contributed by atoms with Gasteiger partial charge >= 0.3 is 0 Å². The molecule has 0 aliphatic heterocycles. The zero-order valence-electron chi connectivity index (χ0n) is 11.4. The van der Waals surface area contributed by atoms with E-state index in [1.165, 1.54) is 9.40 Å². The lowest BCUT2D eigenvalue weighted by Crippen LogP contribution is -2.44. The van der Waals surface area contributed by atoms with Crippen molar-refractivity contribution in [2.75, 3.05) is 5.33 Å². The zero-order chi connectivity index (χ0) is 14.9. The first-order valence-electron chi connectivity index (χ1n) is 6.53. The van der Waals surface area contributed by atoms with E-state index in [4.69, 9.17) is 0 Å². The number of rotatable bonds is 4. The van der Waals surface area contributed by atoms with E-state index < -0.39 is 5.54 Å². The minimum absolute atomic E-state index is 0.0193. The maximum absolute atomic E-state index is 12.5. The summed E-state index contributed by atoms with van der Waals surface area (Å²) < 4.78 is 2.34. The lowest BCUT2D eigenvalue weighted by Gasteiger charge is -2.29. The third-order valence-corrected chi connectivity index (χ3v) is 6.64. The van der Waals surface area contributed by atoms with Crippen LogP contribution in [0, 0.1) is 0 Å². The Hall–Kier alpha value is -1.17. The fourth-order valence-electron chi connectivity index (χ4n) is 2.18. The topological polar surface area (TPSA) is 29.1 Å². The van der Waals surface area contributed by atoms with Gasteiger partial charge in [0.15, 0.2) is 0 Å². The average Bonchev–Trinajstić information content (AvgIpc) is 3.09. The van der Waals surface area contributed by atoms with Gasteiger partial charge in [0.25, 0.3) is 5.91 Å². The van der Waals surface area contributed by atoms with E-state index in [2.05, 4.69) is 32.7 Å². The molecule has 1 N–H and O–H groups in total. The van der Waals surface area contributed by atoms with Gasteiger partial charge in [-0.15, -0.1) is 22.7 Å². The van der Waals surface area contributed by atoms with Crippen LogP contribution in [-0.4, -0.2) is 11.2 Å². The van der Waals surface area contributed by atoms with E-state index in [0.29, 0.717) is 5.33 Å². The minimum Gasteiger partial charge on any atom is -0.341 e. The summed E-state index contributed by atoms with van der Waals surface area (Å²) in [6.45, 7) is 2.03. The highest BCUT2D eigenvalue weighted by Gasteiger charge is 2.28. The highest BCUT2D eigenvalue weighted by Crippen LogP contribution is 2.31. The molecule has 0 aliphatic rings.